The number of imidazole rings is 1. The van der Waals surface area contributed by atoms with Crippen LogP contribution in [0.1, 0.15) is 50.8 Å². The van der Waals surface area contributed by atoms with Gasteiger partial charge in [0.25, 0.3) is 0 Å². The molecule has 0 aliphatic heterocycles. The van der Waals surface area contributed by atoms with Crippen molar-refractivity contribution >= 4 is 17.4 Å². The predicted molar refractivity (Wildman–Crippen MR) is 123 cm³/mol. The number of benzene rings is 1. The topological polar surface area (TPSA) is 74.1 Å². The maximum atomic E-state index is 9.82. The number of fused-ring (bicyclic) bond motifs is 1. The summed E-state index contributed by atoms with van der Waals surface area (Å²) < 4.78 is 8.13. The molecule has 0 N–H and O–H groups in total. The Hall–Kier alpha value is -2.96. The van der Waals surface area contributed by atoms with Gasteiger partial charge in [-0.15, -0.1) is 11.8 Å². The molecule has 31 heavy (non-hydrogen) atoms. The average Bonchev–Trinajstić information content (AvgIpc) is 3.20. The van der Waals surface area contributed by atoms with Gasteiger partial charge in [-0.2, -0.15) is 10.5 Å². The Morgan fingerprint density at radius 3 is 2.81 bits per heavy atom. The molecule has 1 unspecified atom stereocenters. The van der Waals surface area contributed by atoms with Crippen molar-refractivity contribution in [3.05, 3.63) is 47.8 Å². The fourth-order valence-corrected chi connectivity index (χ4v) is 5.25. The second-order valence-electron chi connectivity index (χ2n) is 8.96. The van der Waals surface area contributed by atoms with Crippen molar-refractivity contribution < 1.29 is 4.74 Å². The minimum atomic E-state index is 0.348. The Kier molecular flexibility index (Phi) is 5.94. The van der Waals surface area contributed by atoms with Gasteiger partial charge < -0.3 is 4.74 Å². The maximum Gasteiger partial charge on any atom is 0.138 e. The molecule has 0 amide bonds. The lowest BCUT2D eigenvalue weighted by molar-refractivity contribution is 0.129. The highest BCUT2D eigenvalue weighted by molar-refractivity contribution is 7.98. The molecule has 2 aromatic heterocycles. The fourth-order valence-electron chi connectivity index (χ4n) is 4.66. The fraction of sp³-hybridized carbons (Fsp3) is 0.400. The molecule has 1 fully saturated rings. The summed E-state index contributed by atoms with van der Waals surface area (Å²) in [6.45, 7) is 5.26. The van der Waals surface area contributed by atoms with E-state index in [0.717, 1.165) is 28.2 Å². The van der Waals surface area contributed by atoms with Gasteiger partial charge in [0, 0.05) is 10.5 Å². The summed E-state index contributed by atoms with van der Waals surface area (Å²) in [5, 5.41) is 19.4. The standard InChI is InChI=1S/C25H26N4OS/c1-25(2)9-5-6-17(12-25)16-30-22-10-18(11-23(31-3)20(22)14-27)21-15-28-24-8-4-7-19(13-26)29(21)24/h4,7-8,10-11,15,17H,5-6,9,12,16H2,1-3H3. The van der Waals surface area contributed by atoms with Crippen molar-refractivity contribution in [3.63, 3.8) is 0 Å². The predicted octanol–water partition coefficient (Wildman–Crippen LogP) is 6.06. The van der Waals surface area contributed by atoms with Crippen LogP contribution in [0.15, 0.2) is 41.4 Å². The first kappa shape index (κ1) is 21.3. The summed E-state index contributed by atoms with van der Waals surface area (Å²) in [7, 11) is 0. The van der Waals surface area contributed by atoms with Crippen molar-refractivity contribution in [2.75, 3.05) is 12.9 Å². The Labute approximate surface area is 187 Å². The third kappa shape index (κ3) is 4.27. The largest absolute Gasteiger partial charge is 0.492 e. The van der Waals surface area contributed by atoms with E-state index < -0.39 is 0 Å². The van der Waals surface area contributed by atoms with Crippen LogP contribution in [0.3, 0.4) is 0 Å². The van der Waals surface area contributed by atoms with Crippen LogP contribution >= 0.6 is 11.8 Å². The first-order chi connectivity index (χ1) is 15.0. The van der Waals surface area contributed by atoms with Crippen molar-refractivity contribution in [1.82, 2.24) is 9.38 Å². The highest BCUT2D eigenvalue weighted by atomic mass is 32.2. The van der Waals surface area contributed by atoms with E-state index in [1.165, 1.54) is 31.0 Å². The molecular weight excluding hydrogens is 404 g/mol. The quantitative estimate of drug-likeness (QED) is 0.460. The monoisotopic (exact) mass is 430 g/mol. The lowest BCUT2D eigenvalue weighted by Gasteiger charge is -2.35. The van der Waals surface area contributed by atoms with Gasteiger partial charge in [-0.05, 0) is 61.1 Å². The third-order valence-corrected chi connectivity index (χ3v) is 6.88. The molecule has 0 radical (unpaired) electrons. The molecule has 158 valence electrons. The van der Waals surface area contributed by atoms with Gasteiger partial charge in [-0.25, -0.2) is 4.98 Å². The summed E-state index contributed by atoms with van der Waals surface area (Å²) in [5.74, 6) is 1.11. The molecule has 6 heteroatoms. The molecule has 0 saturated heterocycles. The van der Waals surface area contributed by atoms with E-state index in [9.17, 15) is 10.5 Å². The van der Waals surface area contributed by atoms with Gasteiger partial charge >= 0.3 is 0 Å². The summed E-state index contributed by atoms with van der Waals surface area (Å²) in [6, 6.07) is 14.0. The Balaban J connectivity index is 1.73. The lowest BCUT2D eigenvalue weighted by atomic mass is 9.72. The van der Waals surface area contributed by atoms with E-state index >= 15 is 0 Å². The third-order valence-electron chi connectivity index (χ3n) is 6.12. The zero-order valence-corrected chi connectivity index (χ0v) is 19.0. The van der Waals surface area contributed by atoms with Crippen LogP contribution in [0.5, 0.6) is 5.75 Å². The summed E-state index contributed by atoms with van der Waals surface area (Å²) in [4.78, 5) is 5.33. The molecule has 2 heterocycles. The molecule has 1 aliphatic carbocycles. The van der Waals surface area contributed by atoms with Crippen LogP contribution in [0.25, 0.3) is 16.9 Å². The van der Waals surface area contributed by atoms with E-state index in [0.29, 0.717) is 34.9 Å². The van der Waals surface area contributed by atoms with Gasteiger partial charge in [0.15, 0.2) is 0 Å². The van der Waals surface area contributed by atoms with E-state index in [1.807, 2.05) is 34.9 Å². The van der Waals surface area contributed by atoms with E-state index in [4.69, 9.17) is 4.74 Å². The minimum absolute atomic E-state index is 0.348. The van der Waals surface area contributed by atoms with E-state index in [2.05, 4.69) is 31.0 Å². The van der Waals surface area contributed by atoms with Gasteiger partial charge in [0.2, 0.25) is 0 Å². The zero-order valence-electron chi connectivity index (χ0n) is 18.2. The van der Waals surface area contributed by atoms with Crippen LogP contribution in [0.4, 0.5) is 0 Å². The van der Waals surface area contributed by atoms with Crippen molar-refractivity contribution in [1.29, 1.82) is 10.5 Å². The van der Waals surface area contributed by atoms with Gasteiger partial charge in [-0.1, -0.05) is 26.3 Å². The van der Waals surface area contributed by atoms with Crippen LogP contribution in [-0.2, 0) is 0 Å². The minimum Gasteiger partial charge on any atom is -0.492 e. The Bertz CT molecular complexity index is 1200. The molecular formula is C25H26N4OS. The number of thioether (sulfide) groups is 1. The second-order valence-corrected chi connectivity index (χ2v) is 9.81. The van der Waals surface area contributed by atoms with Gasteiger partial charge in [-0.3, -0.25) is 4.40 Å². The molecule has 1 aliphatic rings. The van der Waals surface area contributed by atoms with Crippen LogP contribution in [0, 0.1) is 34.0 Å². The first-order valence-electron chi connectivity index (χ1n) is 10.6. The summed E-state index contributed by atoms with van der Waals surface area (Å²) in [6.07, 6.45) is 8.52. The number of pyridine rings is 1. The van der Waals surface area contributed by atoms with Crippen LogP contribution in [-0.4, -0.2) is 22.2 Å². The number of nitrogens with zero attached hydrogens (tertiary/aromatic N) is 4. The van der Waals surface area contributed by atoms with Crippen LogP contribution in [0.2, 0.25) is 0 Å². The maximum absolute atomic E-state index is 9.82. The molecule has 1 aromatic carbocycles. The molecule has 5 nitrogen and oxygen atoms in total. The number of rotatable bonds is 5. The van der Waals surface area contributed by atoms with E-state index in [-0.39, 0.29) is 0 Å². The molecule has 1 saturated carbocycles. The molecule has 3 aromatic rings. The Morgan fingerprint density at radius 2 is 2.10 bits per heavy atom. The Morgan fingerprint density at radius 1 is 1.26 bits per heavy atom. The number of ether oxygens (including phenoxy) is 1. The lowest BCUT2D eigenvalue weighted by Crippen LogP contribution is -2.26. The molecule has 0 spiro atoms. The number of hydrogen-bond donors (Lipinski definition) is 0. The first-order valence-corrected chi connectivity index (χ1v) is 11.8. The highest BCUT2D eigenvalue weighted by Crippen LogP contribution is 2.40. The van der Waals surface area contributed by atoms with E-state index in [1.54, 1.807) is 12.3 Å². The summed E-state index contributed by atoms with van der Waals surface area (Å²) >= 11 is 1.52. The number of nitriles is 2. The average molecular weight is 431 g/mol. The van der Waals surface area contributed by atoms with Crippen molar-refractivity contribution in [2.24, 2.45) is 11.3 Å². The molecule has 1 atom stereocenters. The number of aromatic nitrogens is 2. The summed E-state index contributed by atoms with van der Waals surface area (Å²) in [5.41, 5.74) is 3.86. The van der Waals surface area contributed by atoms with Crippen LogP contribution < -0.4 is 4.74 Å². The zero-order chi connectivity index (χ0) is 22.0. The van der Waals surface area contributed by atoms with Crippen molar-refractivity contribution in [3.8, 4) is 29.1 Å². The molecule has 0 bridgehead atoms. The highest BCUT2D eigenvalue weighted by Gasteiger charge is 2.28. The smallest absolute Gasteiger partial charge is 0.138 e. The SMILES string of the molecule is CSc1cc(-c2cnc3cccc(C#N)n23)cc(OCC2CCCC(C)(C)C2)c1C#N. The normalized spacial score (nSPS) is 17.8. The van der Waals surface area contributed by atoms with Crippen molar-refractivity contribution in [2.45, 2.75) is 44.4 Å². The molecule has 4 rings (SSSR count). The number of hydrogen-bond acceptors (Lipinski definition) is 5. The van der Waals surface area contributed by atoms with Gasteiger partial charge in [0.1, 0.15) is 34.8 Å². The second kappa shape index (κ2) is 8.65. The van der Waals surface area contributed by atoms with Gasteiger partial charge in [0.05, 0.1) is 18.5 Å².